The van der Waals surface area contributed by atoms with Crippen molar-refractivity contribution in [2.45, 2.75) is 65.7 Å². The molecular weight excluding hydrogens is 182 g/mol. The number of rotatable bonds is 5. The monoisotopic (exact) mass is 211 g/mol. The minimum Gasteiger partial charge on any atom is -0.304 e. The smallest absolute Gasteiger partial charge is 0.00137 e. The molecule has 0 N–H and O–H groups in total. The number of likely N-dealkylation sites (tertiary alicyclic amines) is 1. The normalized spacial score (nSPS) is 29.0. The quantitative estimate of drug-likeness (QED) is 0.619. The van der Waals surface area contributed by atoms with E-state index in [1.807, 2.05) is 0 Å². The Kier molecular flexibility index (Phi) is 5.66. The van der Waals surface area contributed by atoms with E-state index in [-0.39, 0.29) is 0 Å². The molecule has 0 aliphatic carbocycles. The van der Waals surface area contributed by atoms with Crippen LogP contribution in [-0.2, 0) is 0 Å². The van der Waals surface area contributed by atoms with Gasteiger partial charge in [-0.15, -0.1) is 0 Å². The second-order valence-corrected chi connectivity index (χ2v) is 5.56. The molecule has 0 spiro atoms. The molecule has 1 heteroatoms. The third-order valence-corrected chi connectivity index (χ3v) is 4.12. The molecule has 0 amide bonds. The van der Waals surface area contributed by atoms with Crippen LogP contribution in [0, 0.1) is 5.41 Å². The zero-order chi connectivity index (χ0) is 11.1. The zero-order valence-electron chi connectivity index (χ0n) is 11.0. The van der Waals surface area contributed by atoms with Crippen molar-refractivity contribution in [1.29, 1.82) is 0 Å². The minimum absolute atomic E-state index is 0.652. The molecule has 0 aromatic rings. The van der Waals surface area contributed by atoms with Crippen molar-refractivity contribution in [2.75, 3.05) is 19.6 Å². The van der Waals surface area contributed by atoms with Crippen LogP contribution in [0.3, 0.4) is 0 Å². The molecule has 1 saturated heterocycles. The molecule has 1 rings (SSSR count). The van der Waals surface area contributed by atoms with Gasteiger partial charge < -0.3 is 4.90 Å². The van der Waals surface area contributed by atoms with Gasteiger partial charge in [-0.2, -0.15) is 0 Å². The second kappa shape index (κ2) is 6.52. The molecule has 0 aromatic heterocycles. The van der Waals surface area contributed by atoms with Crippen molar-refractivity contribution in [3.63, 3.8) is 0 Å². The summed E-state index contributed by atoms with van der Waals surface area (Å²) in [5.74, 6) is 0. The van der Waals surface area contributed by atoms with Crippen molar-refractivity contribution in [1.82, 2.24) is 4.90 Å². The first-order chi connectivity index (χ1) is 7.20. The molecule has 0 saturated carbocycles. The van der Waals surface area contributed by atoms with Crippen LogP contribution in [0.25, 0.3) is 0 Å². The molecular formula is C14H29N. The molecule has 1 fully saturated rings. The number of unbranched alkanes of at least 4 members (excludes halogenated alkanes) is 2. The van der Waals surface area contributed by atoms with Crippen molar-refractivity contribution in [3.05, 3.63) is 0 Å². The average molecular weight is 211 g/mol. The Balaban J connectivity index is 2.33. The van der Waals surface area contributed by atoms with E-state index >= 15 is 0 Å². The van der Waals surface area contributed by atoms with Crippen molar-refractivity contribution < 1.29 is 0 Å². The Morgan fingerprint density at radius 3 is 2.53 bits per heavy atom. The Morgan fingerprint density at radius 2 is 1.87 bits per heavy atom. The van der Waals surface area contributed by atoms with Crippen molar-refractivity contribution >= 4 is 0 Å². The predicted octanol–water partition coefficient (Wildman–Crippen LogP) is 4.08. The van der Waals surface area contributed by atoms with E-state index in [1.54, 1.807) is 0 Å². The molecule has 0 bridgehead atoms. The maximum absolute atomic E-state index is 2.62. The fourth-order valence-electron chi connectivity index (χ4n) is 2.76. The van der Waals surface area contributed by atoms with Crippen LogP contribution in [0.4, 0.5) is 0 Å². The van der Waals surface area contributed by atoms with Crippen molar-refractivity contribution in [2.24, 2.45) is 5.41 Å². The van der Waals surface area contributed by atoms with Crippen LogP contribution < -0.4 is 0 Å². The van der Waals surface area contributed by atoms with Gasteiger partial charge in [0, 0.05) is 0 Å². The van der Waals surface area contributed by atoms with E-state index in [9.17, 15) is 0 Å². The van der Waals surface area contributed by atoms with E-state index in [1.165, 1.54) is 64.6 Å². The van der Waals surface area contributed by atoms with E-state index in [0.29, 0.717) is 5.41 Å². The average Bonchev–Trinajstić information content (AvgIpc) is 2.41. The summed E-state index contributed by atoms with van der Waals surface area (Å²) in [5, 5.41) is 0. The third kappa shape index (κ3) is 4.55. The Hall–Kier alpha value is -0.0400. The molecule has 0 radical (unpaired) electrons. The van der Waals surface area contributed by atoms with Gasteiger partial charge in [-0.25, -0.2) is 0 Å². The zero-order valence-corrected chi connectivity index (χ0v) is 11.0. The lowest BCUT2D eigenvalue weighted by atomic mass is 9.78. The molecule has 1 heterocycles. The van der Waals surface area contributed by atoms with Gasteiger partial charge in [-0.3, -0.25) is 0 Å². The maximum Gasteiger partial charge on any atom is -0.00137 e. The van der Waals surface area contributed by atoms with Gasteiger partial charge in [-0.1, -0.05) is 40.0 Å². The highest BCUT2D eigenvalue weighted by molar-refractivity contribution is 4.79. The molecule has 1 aliphatic heterocycles. The summed E-state index contributed by atoms with van der Waals surface area (Å²) in [6, 6.07) is 0. The molecule has 90 valence electrons. The van der Waals surface area contributed by atoms with Gasteiger partial charge in [-0.05, 0) is 50.7 Å². The van der Waals surface area contributed by atoms with Crippen LogP contribution in [0.1, 0.15) is 65.7 Å². The third-order valence-electron chi connectivity index (χ3n) is 4.12. The lowest BCUT2D eigenvalue weighted by Gasteiger charge is -2.28. The van der Waals surface area contributed by atoms with E-state index < -0.39 is 0 Å². The Labute approximate surface area is 96.2 Å². The van der Waals surface area contributed by atoms with Gasteiger partial charge in [0.15, 0.2) is 0 Å². The summed E-state index contributed by atoms with van der Waals surface area (Å²) in [6.07, 6.45) is 9.97. The van der Waals surface area contributed by atoms with Crippen LogP contribution >= 0.6 is 0 Å². The predicted molar refractivity (Wildman–Crippen MR) is 68.2 cm³/mol. The first kappa shape index (κ1) is 13.0. The lowest BCUT2D eigenvalue weighted by molar-refractivity contribution is 0.233. The molecule has 1 unspecified atom stereocenters. The largest absolute Gasteiger partial charge is 0.304 e. The Bertz CT molecular complexity index is 167. The molecule has 15 heavy (non-hydrogen) atoms. The fourth-order valence-corrected chi connectivity index (χ4v) is 2.76. The van der Waals surface area contributed by atoms with Crippen LogP contribution in [0.15, 0.2) is 0 Å². The molecule has 0 aromatic carbocycles. The van der Waals surface area contributed by atoms with Crippen LogP contribution in [-0.4, -0.2) is 24.5 Å². The number of hydrogen-bond acceptors (Lipinski definition) is 1. The summed E-state index contributed by atoms with van der Waals surface area (Å²) in [6.45, 7) is 11.0. The number of hydrogen-bond donors (Lipinski definition) is 0. The molecule has 1 nitrogen and oxygen atoms in total. The summed E-state index contributed by atoms with van der Waals surface area (Å²) in [5.41, 5.74) is 0.652. The summed E-state index contributed by atoms with van der Waals surface area (Å²) >= 11 is 0. The van der Waals surface area contributed by atoms with Crippen LogP contribution in [0.2, 0.25) is 0 Å². The van der Waals surface area contributed by atoms with Gasteiger partial charge >= 0.3 is 0 Å². The van der Waals surface area contributed by atoms with E-state index in [2.05, 4.69) is 25.7 Å². The van der Waals surface area contributed by atoms with Gasteiger partial charge in [0.1, 0.15) is 0 Å². The highest BCUT2D eigenvalue weighted by Crippen LogP contribution is 2.35. The minimum atomic E-state index is 0.652. The SMILES string of the molecule is CCCCCC1(C)CCCN(CC)CC1. The molecule has 1 atom stereocenters. The second-order valence-electron chi connectivity index (χ2n) is 5.56. The van der Waals surface area contributed by atoms with Crippen molar-refractivity contribution in [3.8, 4) is 0 Å². The Morgan fingerprint density at radius 1 is 1.07 bits per heavy atom. The maximum atomic E-state index is 2.62. The van der Waals surface area contributed by atoms with Gasteiger partial charge in [0.25, 0.3) is 0 Å². The fraction of sp³-hybridized carbons (Fsp3) is 1.00. The lowest BCUT2D eigenvalue weighted by Crippen LogP contribution is -2.25. The topological polar surface area (TPSA) is 3.24 Å². The summed E-state index contributed by atoms with van der Waals surface area (Å²) in [4.78, 5) is 2.62. The van der Waals surface area contributed by atoms with E-state index in [0.717, 1.165) is 0 Å². The summed E-state index contributed by atoms with van der Waals surface area (Å²) in [7, 11) is 0. The highest BCUT2D eigenvalue weighted by Gasteiger charge is 2.26. The first-order valence-electron chi connectivity index (χ1n) is 6.92. The number of nitrogens with zero attached hydrogens (tertiary/aromatic N) is 1. The summed E-state index contributed by atoms with van der Waals surface area (Å²) < 4.78 is 0. The van der Waals surface area contributed by atoms with Crippen LogP contribution in [0.5, 0.6) is 0 Å². The van der Waals surface area contributed by atoms with Gasteiger partial charge in [0.05, 0.1) is 0 Å². The van der Waals surface area contributed by atoms with E-state index in [4.69, 9.17) is 0 Å². The standard InChI is InChI=1S/C14H29N/c1-4-6-7-9-14(3)10-8-12-15(5-2)13-11-14/h4-13H2,1-3H3. The molecule has 1 aliphatic rings. The highest BCUT2D eigenvalue weighted by atomic mass is 15.1. The first-order valence-corrected chi connectivity index (χ1v) is 6.92. The van der Waals surface area contributed by atoms with Gasteiger partial charge in [0.2, 0.25) is 0 Å².